The molecule has 15 heavy (non-hydrogen) atoms. The largest absolute Gasteiger partial charge is 0.353 e. The lowest BCUT2D eigenvalue weighted by atomic mass is 9.97. The molecule has 1 aliphatic carbocycles. The van der Waals surface area contributed by atoms with Gasteiger partial charge in [0.25, 0.3) is 0 Å². The molecule has 1 amide bonds. The summed E-state index contributed by atoms with van der Waals surface area (Å²) < 4.78 is 0. The molecule has 1 rings (SSSR count). The lowest BCUT2D eigenvalue weighted by molar-refractivity contribution is -0.120. The van der Waals surface area contributed by atoms with E-state index in [1.54, 1.807) is 0 Å². The fraction of sp³-hybridized carbons (Fsp3) is 0.900. The number of nitrogens with one attached hydrogen (secondary N) is 1. The molecule has 0 aromatic carbocycles. The summed E-state index contributed by atoms with van der Waals surface area (Å²) in [6, 6.07) is 0.284. The first kappa shape index (κ1) is 11.9. The summed E-state index contributed by atoms with van der Waals surface area (Å²) in [5.41, 5.74) is 8.08. The van der Waals surface area contributed by atoms with Crippen LogP contribution in [-0.2, 0) is 4.79 Å². The smallest absolute Gasteiger partial charge is 0.226 e. The molecular weight excluding hydrogens is 192 g/mol. The monoisotopic (exact) mass is 210 g/mol. The molecule has 5 nitrogen and oxygen atoms in total. The highest BCUT2D eigenvalue weighted by atomic mass is 16.1. The topological polar surface area (TPSA) is 77.9 Å². The minimum absolute atomic E-state index is 0.0764. The summed E-state index contributed by atoms with van der Waals surface area (Å²) in [4.78, 5) is 13.9. The molecule has 0 unspecified atom stereocenters. The fourth-order valence-electron chi connectivity index (χ4n) is 1.97. The second kappa shape index (κ2) is 7.12. The maximum Gasteiger partial charge on any atom is 0.226 e. The Morgan fingerprint density at radius 1 is 1.27 bits per heavy atom. The van der Waals surface area contributed by atoms with Crippen LogP contribution in [0, 0.1) is 0 Å². The van der Waals surface area contributed by atoms with Crippen molar-refractivity contribution >= 4 is 5.91 Å². The summed E-state index contributed by atoms with van der Waals surface area (Å²) >= 11 is 0. The van der Waals surface area contributed by atoms with Gasteiger partial charge in [-0.2, -0.15) is 0 Å². The van der Waals surface area contributed by atoms with Crippen LogP contribution in [0.5, 0.6) is 0 Å². The van der Waals surface area contributed by atoms with E-state index in [0.717, 1.165) is 12.8 Å². The standard InChI is InChI=1S/C10H18N4O/c11-14-12-8-10(15)13-9-6-4-2-1-3-5-7-9/h9H,1-8H2,(H,13,15). The molecule has 0 aliphatic heterocycles. The molecule has 0 spiro atoms. The van der Waals surface area contributed by atoms with E-state index >= 15 is 0 Å². The molecule has 0 atom stereocenters. The third-order valence-electron chi connectivity index (χ3n) is 2.75. The van der Waals surface area contributed by atoms with E-state index in [1.807, 2.05) is 0 Å². The van der Waals surface area contributed by atoms with Crippen molar-refractivity contribution in [2.24, 2.45) is 5.11 Å². The van der Waals surface area contributed by atoms with E-state index < -0.39 is 0 Å². The van der Waals surface area contributed by atoms with Crippen molar-refractivity contribution in [3.63, 3.8) is 0 Å². The maximum absolute atomic E-state index is 11.3. The molecule has 1 fully saturated rings. The minimum Gasteiger partial charge on any atom is -0.353 e. The zero-order valence-electron chi connectivity index (χ0n) is 8.98. The van der Waals surface area contributed by atoms with Gasteiger partial charge in [-0.05, 0) is 18.4 Å². The normalized spacial score (nSPS) is 18.4. The zero-order valence-corrected chi connectivity index (χ0v) is 8.98. The minimum atomic E-state index is -0.154. The van der Waals surface area contributed by atoms with Gasteiger partial charge >= 0.3 is 0 Å². The SMILES string of the molecule is [N-]=[N+]=NCC(=O)NC1CCCCCCC1. The molecule has 0 aromatic rings. The Morgan fingerprint density at radius 2 is 1.87 bits per heavy atom. The lowest BCUT2D eigenvalue weighted by Gasteiger charge is -2.20. The number of carbonyl (C=O) groups excluding carboxylic acids is 1. The molecule has 0 saturated heterocycles. The van der Waals surface area contributed by atoms with Crippen molar-refractivity contribution in [2.45, 2.75) is 51.0 Å². The fourth-order valence-corrected chi connectivity index (χ4v) is 1.97. The summed E-state index contributed by atoms with van der Waals surface area (Å²) in [6.45, 7) is -0.0764. The highest BCUT2D eigenvalue weighted by Gasteiger charge is 2.12. The van der Waals surface area contributed by atoms with Gasteiger partial charge in [-0.3, -0.25) is 4.79 Å². The van der Waals surface area contributed by atoms with Crippen LogP contribution < -0.4 is 5.32 Å². The van der Waals surface area contributed by atoms with Crippen molar-refractivity contribution in [3.8, 4) is 0 Å². The summed E-state index contributed by atoms with van der Waals surface area (Å²) in [5, 5.41) is 6.17. The van der Waals surface area contributed by atoms with Crippen LogP contribution in [0.2, 0.25) is 0 Å². The van der Waals surface area contributed by atoms with Crippen molar-refractivity contribution < 1.29 is 4.79 Å². The van der Waals surface area contributed by atoms with Crippen LogP contribution in [-0.4, -0.2) is 18.5 Å². The van der Waals surface area contributed by atoms with Gasteiger partial charge < -0.3 is 5.32 Å². The van der Waals surface area contributed by atoms with E-state index in [9.17, 15) is 4.79 Å². The van der Waals surface area contributed by atoms with Gasteiger partial charge in [-0.25, -0.2) is 0 Å². The van der Waals surface area contributed by atoms with Crippen LogP contribution in [0.15, 0.2) is 5.11 Å². The van der Waals surface area contributed by atoms with Gasteiger partial charge in [0.2, 0.25) is 5.91 Å². The number of nitrogens with zero attached hydrogens (tertiary/aromatic N) is 3. The Labute approximate surface area is 89.9 Å². The third-order valence-corrected chi connectivity index (χ3v) is 2.75. The molecular formula is C10H18N4O. The van der Waals surface area contributed by atoms with Gasteiger partial charge in [-0.1, -0.05) is 37.2 Å². The summed E-state index contributed by atoms with van der Waals surface area (Å²) in [7, 11) is 0. The van der Waals surface area contributed by atoms with E-state index in [2.05, 4.69) is 15.3 Å². The van der Waals surface area contributed by atoms with E-state index in [4.69, 9.17) is 5.53 Å². The Hall–Kier alpha value is -1.22. The Morgan fingerprint density at radius 3 is 2.47 bits per heavy atom. The first-order valence-electron chi connectivity index (χ1n) is 5.63. The van der Waals surface area contributed by atoms with Gasteiger partial charge in [0.15, 0.2) is 0 Å². The third kappa shape index (κ3) is 5.27. The first-order valence-corrected chi connectivity index (χ1v) is 5.63. The van der Waals surface area contributed by atoms with E-state index in [0.29, 0.717) is 0 Å². The van der Waals surface area contributed by atoms with Crippen molar-refractivity contribution in [1.82, 2.24) is 5.32 Å². The van der Waals surface area contributed by atoms with Crippen LogP contribution in [0.1, 0.15) is 44.9 Å². The number of hydrogen-bond acceptors (Lipinski definition) is 2. The van der Waals surface area contributed by atoms with Crippen molar-refractivity contribution in [3.05, 3.63) is 10.4 Å². The molecule has 1 N–H and O–H groups in total. The molecule has 1 saturated carbocycles. The number of hydrogen-bond donors (Lipinski definition) is 1. The Kier molecular flexibility index (Phi) is 5.63. The average molecular weight is 210 g/mol. The predicted octanol–water partition coefficient (Wildman–Crippen LogP) is 2.53. The maximum atomic E-state index is 11.3. The van der Waals surface area contributed by atoms with Crippen molar-refractivity contribution in [1.29, 1.82) is 0 Å². The molecule has 1 aliphatic rings. The van der Waals surface area contributed by atoms with Crippen LogP contribution in [0.3, 0.4) is 0 Å². The van der Waals surface area contributed by atoms with Crippen LogP contribution >= 0.6 is 0 Å². The summed E-state index contributed by atoms with van der Waals surface area (Å²) in [6.07, 6.45) is 8.34. The molecule has 0 heterocycles. The molecule has 5 heteroatoms. The molecule has 0 bridgehead atoms. The second-order valence-electron chi connectivity index (χ2n) is 4.00. The highest BCUT2D eigenvalue weighted by molar-refractivity contribution is 5.78. The molecule has 84 valence electrons. The van der Waals surface area contributed by atoms with Crippen LogP contribution in [0.4, 0.5) is 0 Å². The Balaban J connectivity index is 2.27. The molecule has 0 radical (unpaired) electrons. The van der Waals surface area contributed by atoms with Gasteiger partial charge in [-0.15, -0.1) is 0 Å². The van der Waals surface area contributed by atoms with Gasteiger partial charge in [0, 0.05) is 11.0 Å². The van der Waals surface area contributed by atoms with Crippen LogP contribution in [0.25, 0.3) is 10.4 Å². The molecule has 0 aromatic heterocycles. The van der Waals surface area contributed by atoms with E-state index in [1.165, 1.54) is 32.1 Å². The van der Waals surface area contributed by atoms with Crippen molar-refractivity contribution in [2.75, 3.05) is 6.54 Å². The number of rotatable bonds is 3. The van der Waals surface area contributed by atoms with Gasteiger partial charge in [0.05, 0.1) is 0 Å². The second-order valence-corrected chi connectivity index (χ2v) is 4.00. The van der Waals surface area contributed by atoms with Gasteiger partial charge in [0.1, 0.15) is 6.54 Å². The lowest BCUT2D eigenvalue weighted by Crippen LogP contribution is -2.36. The van der Waals surface area contributed by atoms with E-state index in [-0.39, 0.29) is 18.5 Å². The predicted molar refractivity (Wildman–Crippen MR) is 58.3 cm³/mol. The number of carbonyl (C=O) groups is 1. The zero-order chi connectivity index (χ0) is 10.9. The number of azide groups is 1. The summed E-state index contributed by atoms with van der Waals surface area (Å²) in [5.74, 6) is -0.154. The number of amides is 1. The Bertz CT molecular complexity index is 240. The quantitative estimate of drug-likeness (QED) is 0.433. The average Bonchev–Trinajstić information content (AvgIpc) is 2.19. The first-order chi connectivity index (χ1) is 7.33. The highest BCUT2D eigenvalue weighted by Crippen LogP contribution is 2.16.